The number of likely N-dealkylation sites (N-methyl/N-ethyl adjacent to an activating group) is 1. The lowest BCUT2D eigenvalue weighted by atomic mass is 10.3. The predicted molar refractivity (Wildman–Crippen MR) is 43.6 cm³/mol. The molecule has 0 aromatic carbocycles. The highest BCUT2D eigenvalue weighted by Gasteiger charge is 2.22. The lowest BCUT2D eigenvalue weighted by molar-refractivity contribution is 0.0743. The van der Waals surface area contributed by atoms with E-state index < -0.39 is 0 Å². The first-order valence-electron chi connectivity index (χ1n) is 3.77. The van der Waals surface area contributed by atoms with Gasteiger partial charge in [0.2, 0.25) is 0 Å². The fourth-order valence-electron chi connectivity index (χ4n) is 1.32. The third-order valence-electron chi connectivity index (χ3n) is 2.01. The molecule has 12 heavy (non-hydrogen) atoms. The number of fused-ring (bicyclic) bond motifs is 1. The van der Waals surface area contributed by atoms with Gasteiger partial charge in [0.25, 0.3) is 5.91 Å². The molecule has 1 amide bonds. The van der Waals surface area contributed by atoms with Crippen LogP contribution in [0.5, 0.6) is 0 Å². The molecule has 0 fully saturated rings. The van der Waals surface area contributed by atoms with Crippen molar-refractivity contribution in [3.63, 3.8) is 0 Å². The van der Waals surface area contributed by atoms with Crippen LogP contribution >= 0.6 is 0 Å². The summed E-state index contributed by atoms with van der Waals surface area (Å²) in [6.45, 7) is 1.43. The molecule has 5 nitrogen and oxygen atoms in total. The number of rotatable bonds is 0. The fraction of sp³-hybridized carbons (Fsp3) is 0.429. The van der Waals surface area contributed by atoms with Crippen molar-refractivity contribution in [1.82, 2.24) is 14.7 Å². The minimum Gasteiger partial charge on any atom is -0.382 e. The van der Waals surface area contributed by atoms with Crippen LogP contribution in [-0.2, 0) is 6.54 Å². The monoisotopic (exact) mass is 166 g/mol. The van der Waals surface area contributed by atoms with Gasteiger partial charge in [-0.2, -0.15) is 5.10 Å². The van der Waals surface area contributed by atoms with Gasteiger partial charge in [0, 0.05) is 19.7 Å². The molecule has 0 unspecified atom stereocenters. The number of hydrogen-bond donors (Lipinski definition) is 1. The molecule has 0 radical (unpaired) electrons. The highest BCUT2D eigenvalue weighted by atomic mass is 16.2. The zero-order valence-corrected chi connectivity index (χ0v) is 6.82. The van der Waals surface area contributed by atoms with Crippen LogP contribution in [0.3, 0.4) is 0 Å². The summed E-state index contributed by atoms with van der Waals surface area (Å²) in [5.41, 5.74) is 6.05. The summed E-state index contributed by atoms with van der Waals surface area (Å²) in [5, 5.41) is 3.98. The van der Waals surface area contributed by atoms with Crippen LogP contribution < -0.4 is 5.73 Å². The summed E-state index contributed by atoms with van der Waals surface area (Å²) in [6, 6.07) is 1.61. The second-order valence-corrected chi connectivity index (χ2v) is 2.90. The normalized spacial score (nSPS) is 16.4. The van der Waals surface area contributed by atoms with E-state index in [1.165, 1.54) is 0 Å². The summed E-state index contributed by atoms with van der Waals surface area (Å²) in [5.74, 6) is 0.402. The van der Waals surface area contributed by atoms with Gasteiger partial charge < -0.3 is 10.6 Å². The Bertz CT molecular complexity index is 330. The number of hydrogen-bond acceptors (Lipinski definition) is 3. The second-order valence-electron chi connectivity index (χ2n) is 2.90. The molecule has 5 heteroatoms. The van der Waals surface area contributed by atoms with Gasteiger partial charge in [-0.05, 0) is 0 Å². The number of aromatic nitrogens is 2. The molecular formula is C7H10N4O. The Kier molecular flexibility index (Phi) is 1.33. The van der Waals surface area contributed by atoms with Crippen LogP contribution in [-0.4, -0.2) is 34.2 Å². The van der Waals surface area contributed by atoms with Gasteiger partial charge in [-0.25, -0.2) is 0 Å². The van der Waals surface area contributed by atoms with Crippen molar-refractivity contribution in [2.24, 2.45) is 0 Å². The van der Waals surface area contributed by atoms with Crippen LogP contribution in [0.4, 0.5) is 5.82 Å². The maximum absolute atomic E-state index is 11.4. The average molecular weight is 166 g/mol. The maximum atomic E-state index is 11.4. The first kappa shape index (κ1) is 7.15. The number of carbonyl (C=O) groups is 1. The summed E-state index contributed by atoms with van der Waals surface area (Å²) in [4.78, 5) is 13.1. The van der Waals surface area contributed by atoms with Crippen molar-refractivity contribution in [1.29, 1.82) is 0 Å². The molecule has 0 aliphatic carbocycles. The first-order chi connectivity index (χ1) is 5.68. The SMILES string of the molecule is CN1CCn2nc(N)cc2C1=O. The van der Waals surface area contributed by atoms with E-state index in [4.69, 9.17) is 5.73 Å². The number of amides is 1. The van der Waals surface area contributed by atoms with Gasteiger partial charge in [0.05, 0.1) is 6.54 Å². The number of nitrogens with two attached hydrogens (primary N) is 1. The summed E-state index contributed by atoms with van der Waals surface area (Å²) in [7, 11) is 1.77. The van der Waals surface area contributed by atoms with E-state index in [-0.39, 0.29) is 5.91 Å². The van der Waals surface area contributed by atoms with Crippen LogP contribution in [0, 0.1) is 0 Å². The minimum absolute atomic E-state index is 0.00884. The zero-order chi connectivity index (χ0) is 8.72. The standard InChI is InChI=1S/C7H10N4O/c1-10-2-3-11-5(7(10)12)4-6(8)9-11/h4H,2-3H2,1H3,(H2,8,9). The molecule has 1 aliphatic heterocycles. The van der Waals surface area contributed by atoms with Crippen LogP contribution in [0.2, 0.25) is 0 Å². The Hall–Kier alpha value is -1.52. The average Bonchev–Trinajstić information content (AvgIpc) is 2.39. The first-order valence-corrected chi connectivity index (χ1v) is 3.77. The molecule has 64 valence electrons. The fourth-order valence-corrected chi connectivity index (χ4v) is 1.32. The number of nitrogens with zero attached hydrogens (tertiary/aromatic N) is 3. The summed E-state index contributed by atoms with van der Waals surface area (Å²) in [6.07, 6.45) is 0. The molecule has 0 saturated carbocycles. The Morgan fingerprint density at radius 1 is 1.58 bits per heavy atom. The lowest BCUT2D eigenvalue weighted by Crippen LogP contribution is -2.37. The lowest BCUT2D eigenvalue weighted by Gasteiger charge is -2.22. The second kappa shape index (κ2) is 2.23. The molecule has 0 bridgehead atoms. The number of nitrogen functional groups attached to an aromatic ring is 1. The molecule has 0 atom stereocenters. The minimum atomic E-state index is -0.00884. The van der Waals surface area contributed by atoms with E-state index in [0.717, 1.165) is 6.54 Å². The molecule has 2 N–H and O–H groups in total. The van der Waals surface area contributed by atoms with Crippen molar-refractivity contribution in [3.05, 3.63) is 11.8 Å². The van der Waals surface area contributed by atoms with E-state index >= 15 is 0 Å². The smallest absolute Gasteiger partial charge is 0.272 e. The van der Waals surface area contributed by atoms with E-state index in [0.29, 0.717) is 18.1 Å². The van der Waals surface area contributed by atoms with Crippen molar-refractivity contribution < 1.29 is 4.79 Å². The third-order valence-corrected chi connectivity index (χ3v) is 2.01. The van der Waals surface area contributed by atoms with Crippen LogP contribution in [0.1, 0.15) is 10.5 Å². The quantitative estimate of drug-likeness (QED) is 0.567. The van der Waals surface area contributed by atoms with Crippen molar-refractivity contribution in [3.8, 4) is 0 Å². The largest absolute Gasteiger partial charge is 0.382 e. The van der Waals surface area contributed by atoms with Gasteiger partial charge in [0.15, 0.2) is 0 Å². The molecule has 1 aromatic heterocycles. The van der Waals surface area contributed by atoms with Gasteiger partial charge in [0.1, 0.15) is 11.5 Å². The Labute approximate surface area is 69.8 Å². The van der Waals surface area contributed by atoms with Gasteiger partial charge in [-0.15, -0.1) is 0 Å². The van der Waals surface area contributed by atoms with Gasteiger partial charge >= 0.3 is 0 Å². The topological polar surface area (TPSA) is 64.2 Å². The van der Waals surface area contributed by atoms with E-state index in [1.807, 2.05) is 0 Å². The molecule has 0 saturated heterocycles. The van der Waals surface area contributed by atoms with Gasteiger partial charge in [-0.1, -0.05) is 0 Å². The predicted octanol–water partition coefficient (Wildman–Crippen LogP) is -0.449. The van der Waals surface area contributed by atoms with E-state index in [2.05, 4.69) is 5.10 Å². The molecule has 2 rings (SSSR count). The third kappa shape index (κ3) is 0.861. The molecular weight excluding hydrogens is 156 g/mol. The van der Waals surface area contributed by atoms with Crippen LogP contribution in [0.25, 0.3) is 0 Å². The highest BCUT2D eigenvalue weighted by molar-refractivity contribution is 5.93. The number of anilines is 1. The van der Waals surface area contributed by atoms with Gasteiger partial charge in [-0.3, -0.25) is 9.48 Å². The zero-order valence-electron chi connectivity index (χ0n) is 6.82. The number of carbonyl (C=O) groups excluding carboxylic acids is 1. The Morgan fingerprint density at radius 2 is 2.33 bits per heavy atom. The maximum Gasteiger partial charge on any atom is 0.272 e. The van der Waals surface area contributed by atoms with E-state index in [1.54, 1.807) is 22.7 Å². The van der Waals surface area contributed by atoms with Crippen molar-refractivity contribution in [2.45, 2.75) is 6.54 Å². The summed E-state index contributed by atoms with van der Waals surface area (Å²) >= 11 is 0. The Balaban J connectivity index is 2.48. The molecule has 1 aliphatic rings. The molecule has 1 aromatic rings. The van der Waals surface area contributed by atoms with E-state index in [9.17, 15) is 4.79 Å². The summed E-state index contributed by atoms with van der Waals surface area (Å²) < 4.78 is 1.65. The molecule has 2 heterocycles. The Morgan fingerprint density at radius 3 is 3.08 bits per heavy atom. The highest BCUT2D eigenvalue weighted by Crippen LogP contribution is 2.12. The molecule has 0 spiro atoms. The van der Waals surface area contributed by atoms with Crippen LogP contribution in [0.15, 0.2) is 6.07 Å². The van der Waals surface area contributed by atoms with Crippen molar-refractivity contribution in [2.75, 3.05) is 19.3 Å². The van der Waals surface area contributed by atoms with Crippen molar-refractivity contribution >= 4 is 11.7 Å².